The van der Waals surface area contributed by atoms with Crippen LogP contribution in [0.2, 0.25) is 0 Å². The molecule has 1 aliphatic carbocycles. The molecule has 0 radical (unpaired) electrons. The Bertz CT molecular complexity index is 321. The molecule has 13 heavy (non-hydrogen) atoms. The molecule has 1 aromatic carbocycles. The molecule has 0 bridgehead atoms. The van der Waals surface area contributed by atoms with E-state index in [1.54, 1.807) is 12.1 Å². The van der Waals surface area contributed by atoms with E-state index in [9.17, 15) is 4.79 Å². The third-order valence-corrected chi connectivity index (χ3v) is 1.98. The fourth-order valence-corrected chi connectivity index (χ4v) is 1.18. The molecule has 0 aromatic heterocycles. The zero-order valence-electron chi connectivity index (χ0n) is 7.66. The van der Waals surface area contributed by atoms with Crippen LogP contribution in [0.3, 0.4) is 0 Å². The van der Waals surface area contributed by atoms with Gasteiger partial charge in [0, 0.05) is 0 Å². The first-order chi connectivity index (χ1) is 5.36. The van der Waals surface area contributed by atoms with Crippen LogP contribution in [0.4, 0.5) is 0 Å². The van der Waals surface area contributed by atoms with Crippen molar-refractivity contribution in [2.75, 3.05) is 0 Å². The van der Waals surface area contributed by atoms with E-state index in [1.807, 2.05) is 12.1 Å². The minimum absolute atomic E-state index is 0. The number of hydrogen-bond donors (Lipinski definition) is 0. The Labute approximate surface area is 126 Å². The van der Waals surface area contributed by atoms with E-state index in [-0.39, 0.29) is 69.1 Å². The summed E-state index contributed by atoms with van der Waals surface area (Å²) in [5, 5.41) is 0. The largest absolute Gasteiger partial charge is 1.00 e. The van der Waals surface area contributed by atoms with E-state index in [2.05, 4.69) is 6.07 Å². The molecular weight excluding hydrogens is 238 g/mol. The van der Waals surface area contributed by atoms with E-state index in [0.717, 1.165) is 5.92 Å². The maximum Gasteiger partial charge on any atom is 1.00 e. The van der Waals surface area contributed by atoms with Crippen molar-refractivity contribution in [3.63, 3.8) is 0 Å². The summed E-state index contributed by atoms with van der Waals surface area (Å²) in [6.07, 6.45) is 2.55. The zero-order valence-corrected chi connectivity index (χ0v) is 12.6. The first-order valence-electron chi connectivity index (χ1n) is 3.88. The Morgan fingerprint density at radius 2 is 1.92 bits per heavy atom. The van der Waals surface area contributed by atoms with Crippen LogP contribution in [0.5, 0.6) is 0 Å². The van der Waals surface area contributed by atoms with Crippen molar-refractivity contribution in [3.05, 3.63) is 46.1 Å². The van der Waals surface area contributed by atoms with Crippen molar-refractivity contribution in [1.82, 2.24) is 0 Å². The maximum atomic E-state index is 10.8. The van der Waals surface area contributed by atoms with Gasteiger partial charge in [0.25, 0.3) is 0 Å². The molecule has 1 aromatic rings. The normalized spacial score (nSPS) is 13.8. The van der Waals surface area contributed by atoms with E-state index < -0.39 is 0 Å². The fraction of sp³-hybridized carbons (Fsp3) is 0.300. The molecule has 0 unspecified atom stereocenters. The third kappa shape index (κ3) is 4.13. The molecule has 0 aliphatic heterocycles. The molecule has 0 atom stereocenters. The van der Waals surface area contributed by atoms with Gasteiger partial charge in [0.15, 0.2) is 0 Å². The summed E-state index contributed by atoms with van der Waals surface area (Å²) in [4.78, 5) is 10.8. The molecule has 1 saturated carbocycles. The molecule has 64 valence electrons. The monoisotopic (exact) mass is 247 g/mol. The molecular formula is C10H10O2Rb-. The Balaban J connectivity index is 0.000000720. The number of hydrogen-bond acceptors (Lipinski definition) is 2. The molecule has 0 spiro atoms. The van der Waals surface area contributed by atoms with Gasteiger partial charge in [-0.05, 0) is 18.8 Å². The van der Waals surface area contributed by atoms with Gasteiger partial charge >= 0.3 is 58.2 Å². The summed E-state index contributed by atoms with van der Waals surface area (Å²) in [7, 11) is 0. The second kappa shape index (κ2) is 6.20. The molecule has 1 N–H and O–H groups in total. The summed E-state index contributed by atoms with van der Waals surface area (Å²) in [5.41, 5.74) is 1.25. The van der Waals surface area contributed by atoms with Crippen LogP contribution in [-0.4, -0.2) is 5.48 Å². The van der Waals surface area contributed by atoms with Crippen molar-refractivity contribution in [2.24, 2.45) is 0 Å². The van der Waals surface area contributed by atoms with Gasteiger partial charge in [-0.2, -0.15) is 12.1 Å². The van der Waals surface area contributed by atoms with E-state index in [0.29, 0.717) is 0 Å². The molecule has 0 heterocycles. The summed E-state index contributed by atoms with van der Waals surface area (Å²) in [6, 6.07) is 9.84. The molecule has 1 aliphatic rings. The van der Waals surface area contributed by atoms with Crippen molar-refractivity contribution in [3.8, 4) is 0 Å². The van der Waals surface area contributed by atoms with Crippen LogP contribution in [0, 0.1) is 6.07 Å². The summed E-state index contributed by atoms with van der Waals surface area (Å²) < 4.78 is 0. The quantitative estimate of drug-likeness (QED) is 0.570. The zero-order chi connectivity index (χ0) is 7.68. The Morgan fingerprint density at radius 1 is 1.23 bits per heavy atom. The van der Waals surface area contributed by atoms with Gasteiger partial charge in [-0.15, -0.1) is 23.8 Å². The first kappa shape index (κ1) is 13.7. The minimum Gasteiger partial charge on any atom is -0.870 e. The Hall–Kier alpha value is 0.655. The van der Waals surface area contributed by atoms with Crippen LogP contribution >= 0.6 is 0 Å². The molecule has 3 heteroatoms. The van der Waals surface area contributed by atoms with Crippen molar-refractivity contribution >= 4 is 0 Å². The second-order valence-electron chi connectivity index (χ2n) is 2.95. The van der Waals surface area contributed by atoms with Crippen molar-refractivity contribution in [1.29, 1.82) is 0 Å². The average Bonchev–Trinajstić information content (AvgIpc) is 2.73. The smallest absolute Gasteiger partial charge is 0.870 e. The SMILES string of the molecule is O=c1[c-]ccc(C2CC2)cc1.[OH-].[Rb+]. The molecule has 2 rings (SSSR count). The molecule has 0 saturated heterocycles. The fourth-order valence-electron chi connectivity index (χ4n) is 1.18. The average molecular weight is 248 g/mol. The summed E-state index contributed by atoms with van der Waals surface area (Å²) >= 11 is 0. The van der Waals surface area contributed by atoms with Gasteiger partial charge in [-0.3, -0.25) is 0 Å². The van der Waals surface area contributed by atoms with Crippen molar-refractivity contribution < 1.29 is 63.7 Å². The van der Waals surface area contributed by atoms with Crippen LogP contribution in [-0.2, 0) is 0 Å². The molecule has 2 nitrogen and oxygen atoms in total. The van der Waals surface area contributed by atoms with Crippen LogP contribution in [0.25, 0.3) is 0 Å². The van der Waals surface area contributed by atoms with E-state index in [1.165, 1.54) is 18.4 Å². The Morgan fingerprint density at radius 3 is 2.54 bits per heavy atom. The summed E-state index contributed by atoms with van der Waals surface area (Å²) in [6.45, 7) is 0. The second-order valence-corrected chi connectivity index (χ2v) is 2.95. The van der Waals surface area contributed by atoms with Gasteiger partial charge in [0.2, 0.25) is 0 Å². The third-order valence-electron chi connectivity index (χ3n) is 1.98. The van der Waals surface area contributed by atoms with E-state index >= 15 is 0 Å². The van der Waals surface area contributed by atoms with Gasteiger partial charge in [-0.25, -0.2) is 0 Å². The van der Waals surface area contributed by atoms with Crippen LogP contribution in [0.1, 0.15) is 24.3 Å². The van der Waals surface area contributed by atoms with Gasteiger partial charge in [-0.1, -0.05) is 0 Å². The minimum atomic E-state index is -0.0306. The summed E-state index contributed by atoms with van der Waals surface area (Å²) in [5.74, 6) is 0.718. The van der Waals surface area contributed by atoms with Crippen LogP contribution < -0.4 is 63.6 Å². The maximum absolute atomic E-state index is 10.8. The van der Waals surface area contributed by atoms with Gasteiger partial charge < -0.3 is 10.3 Å². The predicted molar refractivity (Wildman–Crippen MR) is 45.5 cm³/mol. The molecule has 0 amide bonds. The van der Waals surface area contributed by atoms with Gasteiger partial charge in [0.1, 0.15) is 0 Å². The topological polar surface area (TPSA) is 47.1 Å². The standard InChI is InChI=1S/C10H9O.H2O.Rb/c11-10-3-1-2-8(6-7-10)9-4-5-9;;/h1-2,6-7,9H,4-5H2;1H2;/q-1;;+1/p-1. The first-order valence-corrected chi connectivity index (χ1v) is 3.88. The van der Waals surface area contributed by atoms with E-state index in [4.69, 9.17) is 0 Å². The Kier molecular flexibility index (Phi) is 6.51. The van der Waals surface area contributed by atoms with Crippen molar-refractivity contribution in [2.45, 2.75) is 18.8 Å². The molecule has 1 fully saturated rings. The van der Waals surface area contributed by atoms with Crippen LogP contribution in [0.15, 0.2) is 29.1 Å². The van der Waals surface area contributed by atoms with Gasteiger partial charge in [0.05, 0.1) is 5.43 Å². The predicted octanol–water partition coefficient (Wildman–Crippen LogP) is -1.45. The number of rotatable bonds is 1.